The molecule has 0 fully saturated rings. The first-order valence-electron chi connectivity index (χ1n) is 5.36. The van der Waals surface area contributed by atoms with Crippen LogP contribution in [0, 0.1) is 12.7 Å². The lowest BCUT2D eigenvalue weighted by atomic mass is 10.2. The van der Waals surface area contributed by atoms with E-state index in [1.54, 1.807) is 14.0 Å². The number of hydrogen-bond acceptors (Lipinski definition) is 3. The van der Waals surface area contributed by atoms with E-state index in [4.69, 9.17) is 34.3 Å². The number of benzene rings is 1. The van der Waals surface area contributed by atoms with Gasteiger partial charge in [-0.15, -0.1) is 0 Å². The van der Waals surface area contributed by atoms with Crippen LogP contribution in [0.4, 0.5) is 4.39 Å². The fourth-order valence-electron chi connectivity index (χ4n) is 1.69. The lowest BCUT2D eigenvalue weighted by molar-refractivity contribution is 0.429. The predicted octanol–water partition coefficient (Wildman–Crippen LogP) is 2.95. The van der Waals surface area contributed by atoms with Crippen molar-refractivity contribution in [3.8, 4) is 11.6 Å². The van der Waals surface area contributed by atoms with Crippen molar-refractivity contribution in [2.75, 3.05) is 0 Å². The summed E-state index contributed by atoms with van der Waals surface area (Å²) in [4.78, 5) is 0.189. The number of ether oxygens (including phenoxy) is 1. The van der Waals surface area contributed by atoms with Gasteiger partial charge in [0.05, 0.1) is 16.3 Å². The number of thiocarbonyl (C=S) groups is 1. The molecule has 1 aromatic carbocycles. The zero-order valence-corrected chi connectivity index (χ0v) is 11.8. The van der Waals surface area contributed by atoms with Crippen molar-refractivity contribution in [1.29, 1.82) is 0 Å². The largest absolute Gasteiger partial charge is 0.438 e. The summed E-state index contributed by atoms with van der Waals surface area (Å²) in [7, 11) is 1.70. The van der Waals surface area contributed by atoms with Crippen LogP contribution in [0.5, 0.6) is 11.6 Å². The number of halogens is 2. The first kappa shape index (κ1) is 13.8. The van der Waals surface area contributed by atoms with Crippen LogP contribution >= 0.6 is 23.8 Å². The number of aromatic nitrogens is 2. The minimum Gasteiger partial charge on any atom is -0.438 e. The van der Waals surface area contributed by atoms with Gasteiger partial charge in [0.15, 0.2) is 0 Å². The second-order valence-electron chi connectivity index (χ2n) is 3.93. The van der Waals surface area contributed by atoms with Crippen LogP contribution in [-0.2, 0) is 7.05 Å². The molecular formula is C12H11ClFN3OS. The molecule has 0 amide bonds. The number of aryl methyl sites for hydroxylation is 2. The monoisotopic (exact) mass is 299 g/mol. The van der Waals surface area contributed by atoms with Crippen molar-refractivity contribution >= 4 is 28.8 Å². The number of rotatable bonds is 3. The van der Waals surface area contributed by atoms with Crippen molar-refractivity contribution in [2.24, 2.45) is 12.8 Å². The van der Waals surface area contributed by atoms with Gasteiger partial charge in [0.25, 0.3) is 0 Å². The second-order valence-corrected chi connectivity index (χ2v) is 4.78. The molecule has 0 aliphatic rings. The highest BCUT2D eigenvalue weighted by molar-refractivity contribution is 7.80. The molecule has 4 nitrogen and oxygen atoms in total. The maximum absolute atomic E-state index is 13.1. The summed E-state index contributed by atoms with van der Waals surface area (Å²) in [5.74, 6) is 0.268. The summed E-state index contributed by atoms with van der Waals surface area (Å²) >= 11 is 10.7. The van der Waals surface area contributed by atoms with Gasteiger partial charge in [-0.3, -0.25) is 0 Å². The molecule has 7 heteroatoms. The quantitative estimate of drug-likeness (QED) is 0.885. The van der Waals surface area contributed by atoms with Crippen LogP contribution in [0.15, 0.2) is 18.2 Å². The standard InChI is InChI=1S/C12H11ClFN3OS/c1-6-10(11(15)19)12(17(2)16-6)18-7-3-4-9(14)8(13)5-7/h3-5H,1-2H3,(H2,15,19). The molecule has 2 N–H and O–H groups in total. The van der Waals surface area contributed by atoms with E-state index >= 15 is 0 Å². The summed E-state index contributed by atoms with van der Waals surface area (Å²) in [6.07, 6.45) is 0. The van der Waals surface area contributed by atoms with E-state index < -0.39 is 5.82 Å². The fraction of sp³-hybridized carbons (Fsp3) is 0.167. The molecule has 0 radical (unpaired) electrons. The lowest BCUT2D eigenvalue weighted by Gasteiger charge is -2.08. The molecule has 0 saturated carbocycles. The molecule has 0 saturated heterocycles. The average Bonchev–Trinajstić information content (AvgIpc) is 2.59. The van der Waals surface area contributed by atoms with Crippen molar-refractivity contribution in [2.45, 2.75) is 6.92 Å². The Morgan fingerprint density at radius 1 is 1.53 bits per heavy atom. The molecule has 0 unspecified atom stereocenters. The Kier molecular flexibility index (Phi) is 3.73. The van der Waals surface area contributed by atoms with Gasteiger partial charge in [-0.25, -0.2) is 9.07 Å². The third-order valence-corrected chi connectivity index (χ3v) is 3.02. The lowest BCUT2D eigenvalue weighted by Crippen LogP contribution is -2.11. The molecule has 1 heterocycles. The van der Waals surface area contributed by atoms with Crippen molar-refractivity contribution < 1.29 is 9.13 Å². The van der Waals surface area contributed by atoms with E-state index in [1.807, 2.05) is 0 Å². The molecule has 0 aliphatic heterocycles. The summed E-state index contributed by atoms with van der Waals surface area (Å²) in [5.41, 5.74) is 6.87. The molecule has 2 rings (SSSR count). The molecule has 2 aromatic rings. The topological polar surface area (TPSA) is 53.1 Å². The van der Waals surface area contributed by atoms with Gasteiger partial charge in [0.1, 0.15) is 16.6 Å². The van der Waals surface area contributed by atoms with Gasteiger partial charge in [-0.1, -0.05) is 23.8 Å². The minimum atomic E-state index is -0.509. The summed E-state index contributed by atoms with van der Waals surface area (Å²) in [6.45, 7) is 1.78. The van der Waals surface area contributed by atoms with Crippen LogP contribution in [0.25, 0.3) is 0 Å². The third-order valence-electron chi connectivity index (χ3n) is 2.52. The maximum atomic E-state index is 13.1. The molecular weight excluding hydrogens is 289 g/mol. The van der Waals surface area contributed by atoms with Crippen LogP contribution in [0.3, 0.4) is 0 Å². The first-order chi connectivity index (χ1) is 8.90. The molecule has 0 atom stereocenters. The smallest absolute Gasteiger partial charge is 0.228 e. The van der Waals surface area contributed by atoms with Crippen LogP contribution in [-0.4, -0.2) is 14.8 Å². The van der Waals surface area contributed by atoms with E-state index in [1.165, 1.54) is 22.9 Å². The summed E-state index contributed by atoms with van der Waals surface area (Å²) in [5, 5.41) is 4.17. The number of nitrogens with zero attached hydrogens (tertiary/aromatic N) is 2. The zero-order chi connectivity index (χ0) is 14.2. The Balaban J connectivity index is 2.43. The van der Waals surface area contributed by atoms with Gasteiger partial charge in [0, 0.05) is 13.1 Å². The van der Waals surface area contributed by atoms with E-state index in [-0.39, 0.29) is 10.0 Å². The number of nitrogens with two attached hydrogens (primary N) is 1. The molecule has 19 heavy (non-hydrogen) atoms. The van der Waals surface area contributed by atoms with E-state index in [0.717, 1.165) is 0 Å². The van der Waals surface area contributed by atoms with Gasteiger partial charge >= 0.3 is 0 Å². The Hall–Kier alpha value is -1.66. The Morgan fingerprint density at radius 2 is 2.21 bits per heavy atom. The Bertz CT molecular complexity index is 657. The SMILES string of the molecule is Cc1nn(C)c(Oc2ccc(F)c(Cl)c2)c1C(N)=S. The molecule has 100 valence electrons. The van der Waals surface area contributed by atoms with Crippen molar-refractivity contribution in [3.05, 3.63) is 40.3 Å². The van der Waals surface area contributed by atoms with Gasteiger partial charge < -0.3 is 10.5 Å². The molecule has 0 bridgehead atoms. The first-order valence-corrected chi connectivity index (χ1v) is 6.15. The van der Waals surface area contributed by atoms with E-state index in [2.05, 4.69) is 5.10 Å². The highest BCUT2D eigenvalue weighted by Gasteiger charge is 2.18. The molecule has 0 aliphatic carbocycles. The summed E-state index contributed by atoms with van der Waals surface area (Å²) in [6, 6.07) is 4.07. The highest BCUT2D eigenvalue weighted by Crippen LogP contribution is 2.29. The van der Waals surface area contributed by atoms with E-state index in [0.29, 0.717) is 22.9 Å². The van der Waals surface area contributed by atoms with Gasteiger partial charge in [-0.2, -0.15) is 5.10 Å². The van der Waals surface area contributed by atoms with Crippen LogP contribution < -0.4 is 10.5 Å². The van der Waals surface area contributed by atoms with Crippen molar-refractivity contribution in [3.63, 3.8) is 0 Å². The molecule has 1 aromatic heterocycles. The second kappa shape index (κ2) is 5.14. The predicted molar refractivity (Wildman–Crippen MR) is 75.3 cm³/mol. The van der Waals surface area contributed by atoms with Crippen LogP contribution in [0.1, 0.15) is 11.3 Å². The minimum absolute atomic E-state index is 0.0201. The number of hydrogen-bond donors (Lipinski definition) is 1. The normalized spacial score (nSPS) is 10.5. The average molecular weight is 300 g/mol. The van der Waals surface area contributed by atoms with E-state index in [9.17, 15) is 4.39 Å². The Morgan fingerprint density at radius 3 is 2.79 bits per heavy atom. The Labute approximate surface area is 119 Å². The maximum Gasteiger partial charge on any atom is 0.228 e. The zero-order valence-electron chi connectivity index (χ0n) is 10.3. The fourth-order valence-corrected chi connectivity index (χ4v) is 2.10. The van der Waals surface area contributed by atoms with Crippen LogP contribution in [0.2, 0.25) is 5.02 Å². The van der Waals surface area contributed by atoms with Gasteiger partial charge in [0.2, 0.25) is 5.88 Å². The van der Waals surface area contributed by atoms with Gasteiger partial charge in [-0.05, 0) is 19.1 Å². The third kappa shape index (κ3) is 2.69. The highest BCUT2D eigenvalue weighted by atomic mass is 35.5. The molecule has 0 spiro atoms. The summed E-state index contributed by atoms with van der Waals surface area (Å²) < 4.78 is 20.2. The van der Waals surface area contributed by atoms with Crippen molar-refractivity contribution in [1.82, 2.24) is 9.78 Å².